The molecule has 22 heavy (non-hydrogen) atoms. The Hall–Kier alpha value is -2.02. The van der Waals surface area contributed by atoms with Crippen molar-refractivity contribution in [3.63, 3.8) is 0 Å². The predicted molar refractivity (Wildman–Crippen MR) is 80.3 cm³/mol. The second-order valence-electron chi connectivity index (χ2n) is 6.17. The van der Waals surface area contributed by atoms with Gasteiger partial charge in [0.1, 0.15) is 11.6 Å². The maximum Gasteiger partial charge on any atom is 0.223 e. The van der Waals surface area contributed by atoms with E-state index in [2.05, 4.69) is 30.3 Å². The van der Waals surface area contributed by atoms with Gasteiger partial charge in [0.15, 0.2) is 5.82 Å². The molecule has 0 bridgehead atoms. The van der Waals surface area contributed by atoms with Crippen molar-refractivity contribution in [3.05, 3.63) is 29.8 Å². The van der Waals surface area contributed by atoms with Gasteiger partial charge < -0.3 is 9.84 Å². The lowest BCUT2D eigenvalue weighted by Crippen LogP contribution is -2.26. The first-order valence-corrected chi connectivity index (χ1v) is 7.87. The van der Waals surface area contributed by atoms with E-state index in [-0.39, 0.29) is 0 Å². The Balaban J connectivity index is 1.33. The van der Waals surface area contributed by atoms with Crippen molar-refractivity contribution in [1.29, 1.82) is 0 Å². The molecule has 7 heteroatoms. The van der Waals surface area contributed by atoms with Crippen molar-refractivity contribution in [2.24, 2.45) is 0 Å². The number of nitrogens with zero attached hydrogens (tertiary/aromatic N) is 5. The van der Waals surface area contributed by atoms with E-state index in [4.69, 9.17) is 4.52 Å². The molecular formula is C15H20N6O. The molecule has 1 saturated heterocycles. The van der Waals surface area contributed by atoms with Crippen LogP contribution in [0.3, 0.4) is 0 Å². The maximum atomic E-state index is 5.02. The van der Waals surface area contributed by atoms with Crippen LogP contribution in [0.2, 0.25) is 0 Å². The molecule has 116 valence electrons. The van der Waals surface area contributed by atoms with E-state index < -0.39 is 0 Å². The van der Waals surface area contributed by atoms with Gasteiger partial charge in [-0.1, -0.05) is 5.16 Å². The lowest BCUT2D eigenvalue weighted by molar-refractivity contribution is 0.308. The molecule has 1 N–H and O–H groups in total. The van der Waals surface area contributed by atoms with Crippen molar-refractivity contribution in [2.45, 2.75) is 44.7 Å². The molecule has 0 amide bonds. The minimum atomic E-state index is 0.412. The van der Waals surface area contributed by atoms with Crippen molar-refractivity contribution in [3.8, 4) is 0 Å². The number of rotatable bonds is 5. The second-order valence-corrected chi connectivity index (χ2v) is 6.17. The first-order chi connectivity index (χ1) is 10.8. The van der Waals surface area contributed by atoms with E-state index >= 15 is 0 Å². The van der Waals surface area contributed by atoms with Crippen LogP contribution in [0.1, 0.15) is 42.7 Å². The fraction of sp³-hybridized carbons (Fsp3) is 0.600. The van der Waals surface area contributed by atoms with Crippen molar-refractivity contribution >= 4 is 5.82 Å². The van der Waals surface area contributed by atoms with E-state index in [1.54, 1.807) is 0 Å². The highest BCUT2D eigenvalue weighted by Gasteiger charge is 2.27. The average molecular weight is 300 g/mol. The highest BCUT2D eigenvalue weighted by Crippen LogP contribution is 2.38. The third kappa shape index (κ3) is 3.09. The summed E-state index contributed by atoms with van der Waals surface area (Å²) in [5.74, 6) is 3.90. The van der Waals surface area contributed by atoms with Gasteiger partial charge in [-0.2, -0.15) is 4.98 Å². The van der Waals surface area contributed by atoms with Crippen molar-refractivity contribution in [2.75, 3.05) is 18.4 Å². The van der Waals surface area contributed by atoms with Crippen LogP contribution in [0.25, 0.3) is 0 Å². The fourth-order valence-corrected chi connectivity index (χ4v) is 2.90. The fourth-order valence-electron chi connectivity index (χ4n) is 2.90. The number of nitrogens with one attached hydrogen (secondary N) is 1. The summed E-state index contributed by atoms with van der Waals surface area (Å²) in [5.41, 5.74) is 0. The first-order valence-electron chi connectivity index (χ1n) is 7.87. The topological polar surface area (TPSA) is 80.0 Å². The SMILES string of the molecule is Cc1nc(CN2CCC(Nc3ccnc(C4CC4)n3)C2)no1. The van der Waals surface area contributed by atoms with Crippen LogP contribution in [0.15, 0.2) is 16.8 Å². The highest BCUT2D eigenvalue weighted by molar-refractivity contribution is 5.35. The van der Waals surface area contributed by atoms with Crippen LogP contribution in [0.5, 0.6) is 0 Å². The number of anilines is 1. The monoisotopic (exact) mass is 300 g/mol. The summed E-state index contributed by atoms with van der Waals surface area (Å²) in [4.78, 5) is 15.6. The Morgan fingerprint density at radius 1 is 1.32 bits per heavy atom. The van der Waals surface area contributed by atoms with Crippen LogP contribution < -0.4 is 5.32 Å². The maximum absolute atomic E-state index is 5.02. The molecule has 2 aliphatic rings. The molecule has 1 atom stereocenters. The average Bonchev–Trinajstić information content (AvgIpc) is 3.16. The van der Waals surface area contributed by atoms with E-state index in [1.165, 1.54) is 12.8 Å². The number of hydrogen-bond donors (Lipinski definition) is 1. The van der Waals surface area contributed by atoms with E-state index in [9.17, 15) is 0 Å². The van der Waals surface area contributed by atoms with Crippen LogP contribution >= 0.6 is 0 Å². The molecule has 7 nitrogen and oxygen atoms in total. The zero-order valence-corrected chi connectivity index (χ0v) is 12.7. The molecule has 1 aliphatic heterocycles. The third-order valence-electron chi connectivity index (χ3n) is 4.18. The van der Waals surface area contributed by atoms with Gasteiger partial charge in [-0.25, -0.2) is 9.97 Å². The Labute approximate surface area is 129 Å². The van der Waals surface area contributed by atoms with Crippen LogP contribution in [-0.4, -0.2) is 44.1 Å². The molecule has 2 fully saturated rings. The smallest absolute Gasteiger partial charge is 0.223 e. The van der Waals surface area contributed by atoms with Crippen LogP contribution in [-0.2, 0) is 6.54 Å². The zero-order chi connectivity index (χ0) is 14.9. The van der Waals surface area contributed by atoms with Gasteiger partial charge in [-0.15, -0.1) is 0 Å². The summed E-state index contributed by atoms with van der Waals surface area (Å²) in [6, 6.07) is 2.37. The van der Waals surface area contributed by atoms with Crippen molar-refractivity contribution in [1.82, 2.24) is 25.0 Å². The third-order valence-corrected chi connectivity index (χ3v) is 4.18. The number of aromatic nitrogens is 4. The summed E-state index contributed by atoms with van der Waals surface area (Å²) in [6.45, 7) is 4.56. The molecule has 3 heterocycles. The molecule has 0 aromatic carbocycles. The van der Waals surface area contributed by atoms with E-state index in [0.29, 0.717) is 17.9 Å². The number of aryl methyl sites for hydroxylation is 1. The van der Waals surface area contributed by atoms with E-state index in [1.807, 2.05) is 19.2 Å². The quantitative estimate of drug-likeness (QED) is 0.900. The Bertz CT molecular complexity index is 653. The summed E-state index contributed by atoms with van der Waals surface area (Å²) in [7, 11) is 0. The molecule has 1 aliphatic carbocycles. The molecule has 0 spiro atoms. The molecule has 2 aromatic rings. The van der Waals surface area contributed by atoms with Gasteiger partial charge in [-0.05, 0) is 25.3 Å². The first kappa shape index (κ1) is 13.6. The zero-order valence-electron chi connectivity index (χ0n) is 12.7. The van der Waals surface area contributed by atoms with Crippen LogP contribution in [0, 0.1) is 6.92 Å². The van der Waals surface area contributed by atoms with Crippen molar-refractivity contribution < 1.29 is 4.52 Å². The molecule has 1 unspecified atom stereocenters. The molecule has 1 saturated carbocycles. The lowest BCUT2D eigenvalue weighted by atomic mass is 10.2. The highest BCUT2D eigenvalue weighted by atomic mass is 16.5. The number of likely N-dealkylation sites (tertiary alicyclic amines) is 1. The minimum absolute atomic E-state index is 0.412. The van der Waals surface area contributed by atoms with Crippen LogP contribution in [0.4, 0.5) is 5.82 Å². The number of hydrogen-bond acceptors (Lipinski definition) is 7. The summed E-state index contributed by atoms with van der Waals surface area (Å²) < 4.78 is 5.02. The van der Waals surface area contributed by atoms with Gasteiger partial charge in [-0.3, -0.25) is 4.90 Å². The van der Waals surface area contributed by atoms with Gasteiger partial charge >= 0.3 is 0 Å². The van der Waals surface area contributed by atoms with Gasteiger partial charge in [0.25, 0.3) is 0 Å². The summed E-state index contributed by atoms with van der Waals surface area (Å²) in [5, 5.41) is 7.49. The normalized spacial score (nSPS) is 22.1. The molecule has 4 rings (SSSR count). The van der Waals surface area contributed by atoms with Gasteiger partial charge in [0.2, 0.25) is 5.89 Å². The Kier molecular flexibility index (Phi) is 3.49. The summed E-state index contributed by atoms with van der Waals surface area (Å²) >= 11 is 0. The van der Waals surface area contributed by atoms with Gasteiger partial charge in [0.05, 0.1) is 6.54 Å². The minimum Gasteiger partial charge on any atom is -0.366 e. The molecule has 2 aromatic heterocycles. The predicted octanol–water partition coefficient (Wildman–Crippen LogP) is 1.73. The molecule has 0 radical (unpaired) electrons. The standard InChI is InChI=1S/C15H20N6O/c1-10-17-14(20-22-10)9-21-7-5-12(8-21)18-13-4-6-16-15(19-13)11-2-3-11/h4,6,11-12H,2-3,5,7-9H2,1H3,(H,16,18,19). The Morgan fingerprint density at radius 2 is 2.23 bits per heavy atom. The lowest BCUT2D eigenvalue weighted by Gasteiger charge is -2.15. The van der Waals surface area contributed by atoms with Gasteiger partial charge in [0, 0.05) is 38.2 Å². The second kappa shape index (κ2) is 5.64. The Morgan fingerprint density at radius 3 is 3.00 bits per heavy atom. The molecular weight excluding hydrogens is 280 g/mol. The largest absolute Gasteiger partial charge is 0.366 e. The van der Waals surface area contributed by atoms with E-state index in [0.717, 1.165) is 43.5 Å². The summed E-state index contributed by atoms with van der Waals surface area (Å²) in [6.07, 6.45) is 5.41.